The Kier molecular flexibility index (Phi) is 4.04. The lowest BCUT2D eigenvalue weighted by Gasteiger charge is -2.25. The normalized spacial score (nSPS) is 16.9. The SMILES string of the molecule is O=C(C1=C(O)C(=O)N(c2ccc(F)cc2)C1c1ccccn1)c1ccco1. The second-order valence-electron chi connectivity index (χ2n) is 5.88. The van der Waals surface area contributed by atoms with Crippen LogP contribution in [0.3, 0.4) is 0 Å². The quantitative estimate of drug-likeness (QED) is 0.715. The molecule has 1 amide bonds. The number of hydrogen-bond donors (Lipinski definition) is 1. The molecule has 0 spiro atoms. The summed E-state index contributed by atoms with van der Waals surface area (Å²) in [5, 5.41) is 10.5. The Labute approximate surface area is 153 Å². The van der Waals surface area contributed by atoms with Gasteiger partial charge in [-0.2, -0.15) is 0 Å². The molecule has 0 saturated carbocycles. The third-order valence-corrected chi connectivity index (χ3v) is 4.27. The molecule has 0 aliphatic carbocycles. The van der Waals surface area contributed by atoms with Gasteiger partial charge in [-0.05, 0) is 48.5 Å². The molecule has 1 aliphatic rings. The zero-order valence-electron chi connectivity index (χ0n) is 13.9. The number of aliphatic hydroxyl groups excluding tert-OH is 1. The standard InChI is InChI=1S/C20H13FN2O4/c21-12-6-8-13(9-7-12)23-17(14-4-1-2-10-22-14)16(19(25)20(23)26)18(24)15-5-3-11-27-15/h1-11,17,25H. The van der Waals surface area contributed by atoms with E-state index in [-0.39, 0.29) is 11.3 Å². The third kappa shape index (κ3) is 2.79. The van der Waals surface area contributed by atoms with Gasteiger partial charge in [0.2, 0.25) is 5.78 Å². The second-order valence-corrected chi connectivity index (χ2v) is 5.88. The van der Waals surface area contributed by atoms with Crippen molar-refractivity contribution in [1.29, 1.82) is 0 Å². The molecule has 1 aromatic carbocycles. The average molecular weight is 364 g/mol. The van der Waals surface area contributed by atoms with Gasteiger partial charge in [0.15, 0.2) is 11.5 Å². The Hall–Kier alpha value is -3.74. The smallest absolute Gasteiger partial charge is 0.294 e. The van der Waals surface area contributed by atoms with Crippen LogP contribution in [-0.2, 0) is 4.79 Å². The molecule has 2 aromatic heterocycles. The van der Waals surface area contributed by atoms with E-state index in [1.165, 1.54) is 53.8 Å². The first-order valence-electron chi connectivity index (χ1n) is 8.09. The largest absolute Gasteiger partial charge is 0.503 e. The van der Waals surface area contributed by atoms with Crippen LogP contribution in [0.25, 0.3) is 0 Å². The molecule has 0 saturated heterocycles. The lowest BCUT2D eigenvalue weighted by atomic mass is 9.98. The molecular formula is C20H13FN2O4. The molecule has 0 fully saturated rings. The fourth-order valence-electron chi connectivity index (χ4n) is 3.06. The Balaban J connectivity index is 1.87. The van der Waals surface area contributed by atoms with E-state index in [1.807, 2.05) is 0 Å². The van der Waals surface area contributed by atoms with Gasteiger partial charge in [0.25, 0.3) is 5.91 Å². The summed E-state index contributed by atoms with van der Waals surface area (Å²) in [6.45, 7) is 0. The molecule has 3 aromatic rings. The van der Waals surface area contributed by atoms with E-state index in [2.05, 4.69) is 4.98 Å². The van der Waals surface area contributed by atoms with E-state index in [4.69, 9.17) is 4.42 Å². The Bertz CT molecular complexity index is 1030. The number of amides is 1. The number of ketones is 1. The Morgan fingerprint density at radius 1 is 1.11 bits per heavy atom. The molecule has 1 atom stereocenters. The van der Waals surface area contributed by atoms with E-state index in [1.54, 1.807) is 18.2 Å². The predicted octanol–water partition coefficient (Wildman–Crippen LogP) is 3.60. The number of hydrogen-bond acceptors (Lipinski definition) is 5. The molecule has 134 valence electrons. The van der Waals surface area contributed by atoms with Gasteiger partial charge < -0.3 is 9.52 Å². The van der Waals surface area contributed by atoms with Crippen LogP contribution in [0.5, 0.6) is 0 Å². The fourth-order valence-corrected chi connectivity index (χ4v) is 3.06. The Morgan fingerprint density at radius 2 is 1.89 bits per heavy atom. The Morgan fingerprint density at radius 3 is 2.52 bits per heavy atom. The van der Waals surface area contributed by atoms with Crippen molar-refractivity contribution in [2.24, 2.45) is 0 Å². The van der Waals surface area contributed by atoms with Crippen molar-refractivity contribution in [2.45, 2.75) is 6.04 Å². The number of anilines is 1. The number of carbonyl (C=O) groups is 2. The van der Waals surface area contributed by atoms with Gasteiger partial charge in [0.1, 0.15) is 11.9 Å². The van der Waals surface area contributed by atoms with Gasteiger partial charge in [-0.15, -0.1) is 0 Å². The zero-order valence-corrected chi connectivity index (χ0v) is 13.9. The highest BCUT2D eigenvalue weighted by atomic mass is 19.1. The van der Waals surface area contributed by atoms with E-state index in [0.717, 1.165) is 0 Å². The number of rotatable bonds is 4. The van der Waals surface area contributed by atoms with Crippen molar-refractivity contribution in [3.8, 4) is 0 Å². The van der Waals surface area contributed by atoms with Crippen LogP contribution in [0.1, 0.15) is 22.3 Å². The van der Waals surface area contributed by atoms with Gasteiger partial charge in [0, 0.05) is 11.9 Å². The maximum atomic E-state index is 13.3. The molecule has 6 nitrogen and oxygen atoms in total. The summed E-state index contributed by atoms with van der Waals surface area (Å²) in [5.41, 5.74) is 0.568. The minimum absolute atomic E-state index is 0.00811. The summed E-state index contributed by atoms with van der Waals surface area (Å²) >= 11 is 0. The maximum absolute atomic E-state index is 13.3. The molecule has 4 rings (SSSR count). The van der Waals surface area contributed by atoms with Crippen LogP contribution < -0.4 is 4.90 Å². The molecule has 1 unspecified atom stereocenters. The fraction of sp³-hybridized carbons (Fsp3) is 0.0500. The first kappa shape index (κ1) is 16.7. The lowest BCUT2D eigenvalue weighted by Crippen LogP contribution is -2.31. The molecule has 7 heteroatoms. The molecule has 1 N–H and O–H groups in total. The number of aromatic nitrogens is 1. The van der Waals surface area contributed by atoms with Crippen molar-refractivity contribution in [1.82, 2.24) is 4.98 Å². The minimum Gasteiger partial charge on any atom is -0.503 e. The van der Waals surface area contributed by atoms with Crippen molar-refractivity contribution in [2.75, 3.05) is 4.90 Å². The predicted molar refractivity (Wildman–Crippen MR) is 93.6 cm³/mol. The van der Waals surface area contributed by atoms with Crippen LogP contribution in [0.15, 0.2) is 82.8 Å². The highest BCUT2D eigenvalue weighted by Gasteiger charge is 2.45. The van der Waals surface area contributed by atoms with Gasteiger partial charge in [-0.25, -0.2) is 4.39 Å². The van der Waals surface area contributed by atoms with Crippen LogP contribution in [0.2, 0.25) is 0 Å². The van der Waals surface area contributed by atoms with Crippen molar-refractivity contribution in [3.63, 3.8) is 0 Å². The second kappa shape index (κ2) is 6.53. The number of furan rings is 1. The topological polar surface area (TPSA) is 83.6 Å². The first-order chi connectivity index (χ1) is 13.1. The van der Waals surface area contributed by atoms with E-state index in [0.29, 0.717) is 11.4 Å². The first-order valence-corrected chi connectivity index (χ1v) is 8.09. The summed E-state index contributed by atoms with van der Waals surface area (Å²) in [6, 6.07) is 12.2. The summed E-state index contributed by atoms with van der Waals surface area (Å²) in [7, 11) is 0. The van der Waals surface area contributed by atoms with Gasteiger partial charge in [-0.3, -0.25) is 19.5 Å². The van der Waals surface area contributed by atoms with Crippen molar-refractivity contribution >= 4 is 17.4 Å². The lowest BCUT2D eigenvalue weighted by molar-refractivity contribution is -0.117. The number of Topliss-reactive ketones (excluding diaryl/α,β-unsaturated/α-hetero) is 1. The molecule has 0 bridgehead atoms. The summed E-state index contributed by atoms with van der Waals surface area (Å²) in [6.07, 6.45) is 2.85. The molecule has 3 heterocycles. The van der Waals surface area contributed by atoms with Crippen LogP contribution in [-0.4, -0.2) is 21.8 Å². The van der Waals surface area contributed by atoms with E-state index < -0.39 is 29.3 Å². The van der Waals surface area contributed by atoms with Gasteiger partial charge in [-0.1, -0.05) is 6.07 Å². The third-order valence-electron chi connectivity index (χ3n) is 4.27. The summed E-state index contributed by atoms with van der Waals surface area (Å²) in [5.74, 6) is -2.55. The van der Waals surface area contributed by atoms with Crippen LogP contribution in [0, 0.1) is 5.82 Å². The van der Waals surface area contributed by atoms with Crippen molar-refractivity contribution in [3.05, 3.63) is 95.7 Å². The maximum Gasteiger partial charge on any atom is 0.294 e. The number of halogens is 1. The number of nitrogens with zero attached hydrogens (tertiary/aromatic N) is 2. The van der Waals surface area contributed by atoms with Gasteiger partial charge in [0.05, 0.1) is 17.5 Å². The van der Waals surface area contributed by atoms with Crippen molar-refractivity contribution < 1.29 is 23.5 Å². The summed E-state index contributed by atoms with van der Waals surface area (Å²) < 4.78 is 18.5. The van der Waals surface area contributed by atoms with Crippen LogP contribution in [0.4, 0.5) is 10.1 Å². The number of aliphatic hydroxyl groups is 1. The highest BCUT2D eigenvalue weighted by molar-refractivity contribution is 6.20. The molecule has 1 aliphatic heterocycles. The molecule has 27 heavy (non-hydrogen) atoms. The number of carbonyl (C=O) groups excluding carboxylic acids is 2. The highest BCUT2D eigenvalue weighted by Crippen LogP contribution is 2.41. The zero-order chi connectivity index (χ0) is 19.0. The minimum atomic E-state index is -0.971. The number of benzene rings is 1. The number of pyridine rings is 1. The van der Waals surface area contributed by atoms with E-state index in [9.17, 15) is 19.1 Å². The van der Waals surface area contributed by atoms with Crippen LogP contribution >= 0.6 is 0 Å². The summed E-state index contributed by atoms with van der Waals surface area (Å²) in [4.78, 5) is 31.1. The molecular weight excluding hydrogens is 351 g/mol. The molecule has 0 radical (unpaired) electrons. The van der Waals surface area contributed by atoms with E-state index >= 15 is 0 Å². The average Bonchev–Trinajstić information content (AvgIpc) is 3.31. The monoisotopic (exact) mass is 364 g/mol. The van der Waals surface area contributed by atoms with Gasteiger partial charge >= 0.3 is 0 Å².